The maximum Gasteiger partial charge on any atom is 0.303 e. The van der Waals surface area contributed by atoms with Crippen molar-refractivity contribution in [1.82, 2.24) is 10.2 Å². The van der Waals surface area contributed by atoms with Gasteiger partial charge in [-0.1, -0.05) is 24.8 Å². The number of nitrogens with one attached hydrogen (secondary N) is 1. The molecule has 2 rings (SSSR count). The molecule has 0 spiro atoms. The Hall–Kier alpha value is -2.69. The Bertz CT molecular complexity index is 768. The predicted molar refractivity (Wildman–Crippen MR) is 85.1 cm³/mol. The second-order valence-electron chi connectivity index (χ2n) is 4.93. The number of H-pyrrole nitrogens is 1. The van der Waals surface area contributed by atoms with Crippen molar-refractivity contribution in [2.24, 2.45) is 0 Å². The summed E-state index contributed by atoms with van der Waals surface area (Å²) in [5.74, 6) is -1.14. The smallest absolute Gasteiger partial charge is 0.303 e. The number of carboxylic acids is 1. The minimum atomic E-state index is -0.831. The van der Waals surface area contributed by atoms with Crippen LogP contribution in [0.1, 0.15) is 24.6 Å². The van der Waals surface area contributed by atoms with Crippen LogP contribution in [-0.2, 0) is 11.2 Å². The lowest BCUT2D eigenvalue weighted by atomic mass is 10.0. The van der Waals surface area contributed by atoms with Crippen LogP contribution < -0.4 is 0 Å². The molecule has 0 unspecified atom stereocenters. The number of carbonyl (C=O) groups is 1. The number of aromatic nitrogens is 2. The van der Waals surface area contributed by atoms with Crippen molar-refractivity contribution in [2.75, 3.05) is 0 Å². The lowest BCUT2D eigenvalue weighted by molar-refractivity contribution is -0.136. The number of hydrogen-bond donors (Lipinski definition) is 2. The first-order chi connectivity index (χ1) is 10.5. The summed E-state index contributed by atoms with van der Waals surface area (Å²) in [7, 11) is 0. The Balaban J connectivity index is 2.43. The van der Waals surface area contributed by atoms with Gasteiger partial charge in [0, 0.05) is 17.4 Å². The number of aryl methyl sites for hydroxylation is 1. The summed E-state index contributed by atoms with van der Waals surface area (Å²) in [5.41, 5.74) is 3.11. The molecule has 0 aliphatic carbocycles. The lowest BCUT2D eigenvalue weighted by Crippen LogP contribution is -1.97. The zero-order valence-electron chi connectivity index (χ0n) is 12.3. The molecule has 0 saturated carbocycles. The van der Waals surface area contributed by atoms with E-state index in [0.717, 1.165) is 16.5 Å². The van der Waals surface area contributed by atoms with Crippen LogP contribution >= 0.6 is 0 Å². The van der Waals surface area contributed by atoms with Crippen molar-refractivity contribution in [2.45, 2.75) is 19.8 Å². The fraction of sp³-hybridized carbons (Fsp3) is 0.176. The largest absolute Gasteiger partial charge is 0.481 e. The molecule has 2 aromatic rings. The van der Waals surface area contributed by atoms with Gasteiger partial charge in [0.15, 0.2) is 0 Å². The molecule has 0 aliphatic rings. The number of rotatable bonds is 6. The molecule has 0 atom stereocenters. The minimum Gasteiger partial charge on any atom is -0.481 e. The Morgan fingerprint density at radius 3 is 2.86 bits per heavy atom. The van der Waals surface area contributed by atoms with Crippen LogP contribution in [0.3, 0.4) is 0 Å². The van der Waals surface area contributed by atoms with Crippen LogP contribution in [0.2, 0.25) is 0 Å². The molecule has 0 radical (unpaired) electrons. The molecule has 0 bridgehead atoms. The molecular formula is C17H17FN2O2. The zero-order valence-corrected chi connectivity index (χ0v) is 12.3. The average molecular weight is 300 g/mol. The number of carboxylic acid groups (broad SMARTS) is 1. The highest BCUT2D eigenvalue weighted by Gasteiger charge is 2.09. The minimum absolute atomic E-state index is 0.0760. The third-order valence-corrected chi connectivity index (χ3v) is 3.24. The van der Waals surface area contributed by atoms with Crippen molar-refractivity contribution < 1.29 is 14.3 Å². The van der Waals surface area contributed by atoms with Crippen molar-refractivity contribution >= 4 is 22.4 Å². The fourth-order valence-electron chi connectivity index (χ4n) is 2.14. The van der Waals surface area contributed by atoms with E-state index in [9.17, 15) is 9.18 Å². The molecule has 1 aromatic heterocycles. The van der Waals surface area contributed by atoms with Crippen LogP contribution in [0, 0.1) is 0 Å². The van der Waals surface area contributed by atoms with Gasteiger partial charge < -0.3 is 5.11 Å². The summed E-state index contributed by atoms with van der Waals surface area (Å²) in [6.45, 7) is 5.10. The molecular weight excluding hydrogens is 283 g/mol. The third-order valence-electron chi connectivity index (χ3n) is 3.24. The predicted octanol–water partition coefficient (Wildman–Crippen LogP) is 4.02. The second-order valence-corrected chi connectivity index (χ2v) is 4.93. The highest BCUT2D eigenvalue weighted by atomic mass is 19.1. The number of nitrogens with zero attached hydrogens (tertiary/aromatic N) is 1. The molecule has 1 heterocycles. The first-order valence-corrected chi connectivity index (χ1v) is 6.87. The van der Waals surface area contributed by atoms with Crippen LogP contribution in [-0.4, -0.2) is 21.3 Å². The van der Waals surface area contributed by atoms with E-state index in [1.54, 1.807) is 12.2 Å². The van der Waals surface area contributed by atoms with E-state index in [4.69, 9.17) is 5.11 Å². The summed E-state index contributed by atoms with van der Waals surface area (Å²) < 4.78 is 12.9. The van der Waals surface area contributed by atoms with Gasteiger partial charge in [-0.15, -0.1) is 0 Å². The van der Waals surface area contributed by atoms with Gasteiger partial charge in [-0.05, 0) is 37.1 Å². The lowest BCUT2D eigenvalue weighted by Gasteiger charge is -2.01. The van der Waals surface area contributed by atoms with Gasteiger partial charge in [0.1, 0.15) is 0 Å². The van der Waals surface area contributed by atoms with E-state index in [-0.39, 0.29) is 12.2 Å². The first kappa shape index (κ1) is 15.7. The van der Waals surface area contributed by atoms with Gasteiger partial charge in [0.25, 0.3) is 0 Å². The van der Waals surface area contributed by atoms with Gasteiger partial charge in [0.2, 0.25) is 0 Å². The van der Waals surface area contributed by atoms with E-state index < -0.39 is 5.97 Å². The average Bonchev–Trinajstić information content (AvgIpc) is 2.89. The number of fused-ring (bicyclic) bond motifs is 1. The van der Waals surface area contributed by atoms with Crippen LogP contribution in [0.4, 0.5) is 4.39 Å². The second kappa shape index (κ2) is 6.85. The molecule has 22 heavy (non-hydrogen) atoms. The van der Waals surface area contributed by atoms with E-state index in [1.165, 1.54) is 13.0 Å². The van der Waals surface area contributed by atoms with Crippen molar-refractivity contribution in [1.29, 1.82) is 0 Å². The quantitative estimate of drug-likeness (QED) is 0.792. The van der Waals surface area contributed by atoms with Gasteiger partial charge in [-0.25, -0.2) is 4.39 Å². The Labute approximate surface area is 127 Å². The van der Waals surface area contributed by atoms with Crippen molar-refractivity contribution in [3.63, 3.8) is 0 Å². The maximum absolute atomic E-state index is 12.9. The Morgan fingerprint density at radius 1 is 1.45 bits per heavy atom. The van der Waals surface area contributed by atoms with Crippen molar-refractivity contribution in [3.8, 4) is 0 Å². The monoisotopic (exact) mass is 300 g/mol. The van der Waals surface area contributed by atoms with Crippen LogP contribution in [0.25, 0.3) is 16.5 Å². The van der Waals surface area contributed by atoms with E-state index in [2.05, 4.69) is 16.8 Å². The fourth-order valence-corrected chi connectivity index (χ4v) is 2.14. The number of aliphatic carboxylic acids is 1. The summed E-state index contributed by atoms with van der Waals surface area (Å²) in [4.78, 5) is 10.7. The van der Waals surface area contributed by atoms with Gasteiger partial charge in [0.05, 0.1) is 17.0 Å². The summed E-state index contributed by atoms with van der Waals surface area (Å²) in [5, 5.41) is 16.8. The molecule has 0 fully saturated rings. The van der Waals surface area contributed by atoms with Crippen molar-refractivity contribution in [3.05, 3.63) is 60.1 Å². The Kier molecular flexibility index (Phi) is 4.88. The number of halogens is 1. The van der Waals surface area contributed by atoms with Gasteiger partial charge >= 0.3 is 5.97 Å². The molecule has 0 aliphatic heterocycles. The number of hydrogen-bond acceptors (Lipinski definition) is 2. The van der Waals surface area contributed by atoms with E-state index in [1.807, 2.05) is 18.2 Å². The highest BCUT2D eigenvalue weighted by Crippen LogP contribution is 2.25. The number of allylic oxidation sites excluding steroid dienone is 5. The molecule has 5 heteroatoms. The van der Waals surface area contributed by atoms with Crippen LogP contribution in [0.15, 0.2) is 48.8 Å². The molecule has 0 amide bonds. The SMILES string of the molecule is C=C/C(=C\C=C(/C)F)c1n[nH]c2ccc(CCC(=O)O)cc12. The molecule has 0 saturated heterocycles. The number of benzene rings is 1. The molecule has 1 aromatic carbocycles. The summed E-state index contributed by atoms with van der Waals surface area (Å²) in [6, 6.07) is 5.64. The topological polar surface area (TPSA) is 66.0 Å². The van der Waals surface area contributed by atoms with Crippen LogP contribution in [0.5, 0.6) is 0 Å². The standard InChI is InChI=1S/C17H17FN2O2/c1-3-13(7-4-11(2)18)17-14-10-12(6-9-16(21)22)5-8-15(14)19-20-17/h3-5,7-8,10H,1,6,9H2,2H3,(H,19,20)(H,21,22)/b11-4+,13-7+. The maximum atomic E-state index is 12.9. The third kappa shape index (κ3) is 3.69. The highest BCUT2D eigenvalue weighted by molar-refractivity contribution is 5.93. The first-order valence-electron chi connectivity index (χ1n) is 6.87. The van der Waals surface area contributed by atoms with Gasteiger partial charge in [-0.3, -0.25) is 9.89 Å². The molecule has 2 N–H and O–H groups in total. The summed E-state index contributed by atoms with van der Waals surface area (Å²) >= 11 is 0. The zero-order chi connectivity index (χ0) is 16.1. The molecule has 114 valence electrons. The number of aromatic amines is 1. The van der Waals surface area contributed by atoms with E-state index in [0.29, 0.717) is 17.7 Å². The Morgan fingerprint density at radius 2 is 2.23 bits per heavy atom. The summed E-state index contributed by atoms with van der Waals surface area (Å²) in [6.07, 6.45) is 5.10. The molecule has 4 nitrogen and oxygen atoms in total. The normalized spacial score (nSPS) is 12.6. The van der Waals surface area contributed by atoms with E-state index >= 15 is 0 Å². The van der Waals surface area contributed by atoms with Gasteiger partial charge in [-0.2, -0.15) is 5.10 Å².